The molecule has 3 heteroatoms. The molecule has 0 heterocycles. The third-order valence-electron chi connectivity index (χ3n) is 10.4. The minimum absolute atomic E-state index is 0.0288. The van der Waals surface area contributed by atoms with E-state index in [4.69, 9.17) is 0 Å². The van der Waals surface area contributed by atoms with Gasteiger partial charge in [-0.2, -0.15) is 0 Å². The third-order valence-corrected chi connectivity index (χ3v) is 10.4. The maximum absolute atomic E-state index is 15.3. The average Bonchev–Trinajstić information content (AvgIpc) is 2.94. The summed E-state index contributed by atoms with van der Waals surface area (Å²) >= 11 is 0. The van der Waals surface area contributed by atoms with Crippen LogP contribution in [0.1, 0.15) is 138 Å². The number of hydrogen-bond acceptors (Lipinski definition) is 0. The molecule has 0 spiro atoms. The van der Waals surface area contributed by atoms with E-state index in [2.05, 4.69) is 19.1 Å². The first-order valence-electron chi connectivity index (χ1n) is 15.3. The number of hydrogen-bond donors (Lipinski definition) is 0. The first kappa shape index (κ1) is 26.8. The molecule has 0 aromatic heterocycles. The summed E-state index contributed by atoms with van der Waals surface area (Å²) in [6, 6.07) is 10.6. The summed E-state index contributed by atoms with van der Waals surface area (Å²) in [5.74, 6) is 2.12. The molecule has 0 N–H and O–H groups in total. The second kappa shape index (κ2) is 12.4. The van der Waals surface area contributed by atoms with Gasteiger partial charge >= 0.3 is 0 Å². The molecular formula is C34H45F3. The van der Waals surface area contributed by atoms with Crippen LogP contribution in [0.4, 0.5) is 13.2 Å². The van der Waals surface area contributed by atoms with Crippen molar-refractivity contribution in [3.8, 4) is 0 Å². The van der Waals surface area contributed by atoms with E-state index in [1.807, 2.05) is 6.07 Å². The van der Waals surface area contributed by atoms with Gasteiger partial charge in [0.1, 0.15) is 5.82 Å². The van der Waals surface area contributed by atoms with Gasteiger partial charge in [0.05, 0.1) is 0 Å². The van der Waals surface area contributed by atoms with Crippen LogP contribution in [-0.2, 0) is 0 Å². The zero-order chi connectivity index (χ0) is 25.8. The molecule has 0 saturated heterocycles. The molecular weight excluding hydrogens is 465 g/mol. The van der Waals surface area contributed by atoms with E-state index in [0.717, 1.165) is 54.6 Å². The number of halogens is 3. The molecule has 0 atom stereocenters. The quantitative estimate of drug-likeness (QED) is 0.347. The van der Waals surface area contributed by atoms with Crippen LogP contribution in [0.25, 0.3) is 0 Å². The van der Waals surface area contributed by atoms with Gasteiger partial charge < -0.3 is 0 Å². The minimum atomic E-state index is -0.759. The van der Waals surface area contributed by atoms with Gasteiger partial charge in [0, 0.05) is 0 Å². The highest BCUT2D eigenvalue weighted by atomic mass is 19.2. The fourth-order valence-corrected chi connectivity index (χ4v) is 8.00. The lowest BCUT2D eigenvalue weighted by Gasteiger charge is -2.38. The Bertz CT molecular complexity index is 1010. The molecule has 202 valence electrons. The maximum atomic E-state index is 15.3. The average molecular weight is 511 g/mol. The Morgan fingerprint density at radius 2 is 1.08 bits per heavy atom. The van der Waals surface area contributed by atoms with Crippen LogP contribution in [0, 0.1) is 35.2 Å². The predicted octanol–water partition coefficient (Wildman–Crippen LogP) is 10.8. The van der Waals surface area contributed by atoms with E-state index >= 15 is 4.39 Å². The molecule has 3 saturated carbocycles. The van der Waals surface area contributed by atoms with E-state index in [-0.39, 0.29) is 5.82 Å². The van der Waals surface area contributed by atoms with Gasteiger partial charge in [-0.05, 0) is 147 Å². The van der Waals surface area contributed by atoms with E-state index in [0.29, 0.717) is 17.8 Å². The Balaban J connectivity index is 1.10. The van der Waals surface area contributed by atoms with E-state index in [9.17, 15) is 8.78 Å². The van der Waals surface area contributed by atoms with Crippen molar-refractivity contribution < 1.29 is 13.2 Å². The second-order valence-electron chi connectivity index (χ2n) is 12.5. The Labute approximate surface area is 222 Å². The smallest absolute Gasteiger partial charge is 0.159 e. The van der Waals surface area contributed by atoms with Crippen molar-refractivity contribution in [3.05, 3.63) is 70.5 Å². The predicted molar refractivity (Wildman–Crippen MR) is 146 cm³/mol. The van der Waals surface area contributed by atoms with Crippen LogP contribution in [0.2, 0.25) is 0 Å². The summed E-state index contributed by atoms with van der Waals surface area (Å²) in [6.07, 6.45) is 18.1. The highest BCUT2D eigenvalue weighted by Gasteiger charge is 2.33. The zero-order valence-electron chi connectivity index (χ0n) is 22.7. The van der Waals surface area contributed by atoms with Crippen LogP contribution >= 0.6 is 0 Å². The fourth-order valence-electron chi connectivity index (χ4n) is 8.00. The highest BCUT2D eigenvalue weighted by molar-refractivity contribution is 5.30. The second-order valence-corrected chi connectivity index (χ2v) is 12.5. The van der Waals surface area contributed by atoms with Gasteiger partial charge in [0.15, 0.2) is 11.6 Å². The summed E-state index contributed by atoms with van der Waals surface area (Å²) in [4.78, 5) is 0. The molecule has 0 unspecified atom stereocenters. The largest absolute Gasteiger partial charge is 0.207 e. The Hall–Kier alpha value is -1.77. The van der Waals surface area contributed by atoms with Crippen molar-refractivity contribution in [2.45, 2.75) is 121 Å². The lowest BCUT2D eigenvalue weighted by Crippen LogP contribution is -2.25. The first-order chi connectivity index (χ1) is 18.0. The van der Waals surface area contributed by atoms with Crippen molar-refractivity contribution in [1.82, 2.24) is 0 Å². The molecule has 3 fully saturated rings. The molecule has 2 aromatic rings. The van der Waals surface area contributed by atoms with Gasteiger partial charge in [0.25, 0.3) is 0 Å². The van der Waals surface area contributed by atoms with Crippen LogP contribution in [0.3, 0.4) is 0 Å². The Morgan fingerprint density at radius 3 is 1.62 bits per heavy atom. The SMILES string of the molecule is CCCCC1CCC(c2ccc(C3CCC(C4CCC(c5ccc(F)c(F)c5)CC4)CC3)c(F)c2)CC1. The Morgan fingerprint density at radius 1 is 0.568 bits per heavy atom. The molecule has 5 rings (SSSR count). The molecule has 3 aliphatic rings. The van der Waals surface area contributed by atoms with Crippen LogP contribution in [-0.4, -0.2) is 0 Å². The van der Waals surface area contributed by atoms with Gasteiger partial charge in [-0.15, -0.1) is 0 Å². The summed E-state index contributed by atoms with van der Waals surface area (Å²) in [5.41, 5.74) is 3.12. The van der Waals surface area contributed by atoms with E-state index < -0.39 is 11.6 Å². The summed E-state index contributed by atoms with van der Waals surface area (Å²) in [7, 11) is 0. The molecule has 37 heavy (non-hydrogen) atoms. The number of rotatable bonds is 7. The normalized spacial score (nSPS) is 30.8. The standard InChI is InChI=1S/C34H45F3/c1-2-3-4-23-5-7-26(8-6-23)29-17-19-31(33(36)21-29)28-15-13-25(14-16-28)24-9-11-27(12-10-24)30-18-20-32(35)34(37)22-30/h17-28H,2-16H2,1H3. The van der Waals surface area contributed by atoms with Crippen LogP contribution in [0.5, 0.6) is 0 Å². The third kappa shape index (κ3) is 6.45. The van der Waals surface area contributed by atoms with Gasteiger partial charge in [-0.3, -0.25) is 0 Å². The monoisotopic (exact) mass is 510 g/mol. The molecule has 0 bridgehead atoms. The maximum Gasteiger partial charge on any atom is 0.159 e. The molecule has 3 aliphatic carbocycles. The van der Waals surface area contributed by atoms with Gasteiger partial charge in [-0.25, -0.2) is 13.2 Å². The number of unbranched alkanes of at least 4 members (excludes halogenated alkanes) is 1. The zero-order valence-corrected chi connectivity index (χ0v) is 22.7. The van der Waals surface area contributed by atoms with Crippen molar-refractivity contribution in [3.63, 3.8) is 0 Å². The van der Waals surface area contributed by atoms with E-state index in [1.54, 1.807) is 6.07 Å². The topological polar surface area (TPSA) is 0 Å². The van der Waals surface area contributed by atoms with Crippen molar-refractivity contribution in [2.24, 2.45) is 17.8 Å². The van der Waals surface area contributed by atoms with Crippen molar-refractivity contribution in [1.29, 1.82) is 0 Å². The molecule has 0 radical (unpaired) electrons. The summed E-state index contributed by atoms with van der Waals surface area (Å²) in [6.45, 7) is 2.27. The Kier molecular flexibility index (Phi) is 8.98. The molecule has 0 nitrogen and oxygen atoms in total. The van der Waals surface area contributed by atoms with E-state index in [1.165, 1.54) is 88.3 Å². The van der Waals surface area contributed by atoms with Crippen LogP contribution in [0.15, 0.2) is 36.4 Å². The summed E-state index contributed by atoms with van der Waals surface area (Å²) < 4.78 is 42.3. The highest BCUT2D eigenvalue weighted by Crippen LogP contribution is 2.46. The molecule has 0 amide bonds. The first-order valence-corrected chi connectivity index (χ1v) is 15.3. The minimum Gasteiger partial charge on any atom is -0.207 e. The lowest BCUT2D eigenvalue weighted by molar-refractivity contribution is 0.176. The summed E-state index contributed by atoms with van der Waals surface area (Å²) in [5, 5.41) is 0. The van der Waals surface area contributed by atoms with Gasteiger partial charge in [0.2, 0.25) is 0 Å². The fraction of sp³-hybridized carbons (Fsp3) is 0.647. The van der Waals surface area contributed by atoms with Crippen molar-refractivity contribution >= 4 is 0 Å². The molecule has 0 aliphatic heterocycles. The lowest BCUT2D eigenvalue weighted by atomic mass is 9.67. The van der Waals surface area contributed by atoms with Gasteiger partial charge in [-0.1, -0.05) is 44.4 Å². The molecule has 2 aromatic carbocycles. The van der Waals surface area contributed by atoms with Crippen LogP contribution < -0.4 is 0 Å². The number of benzene rings is 2. The van der Waals surface area contributed by atoms with Crippen molar-refractivity contribution in [2.75, 3.05) is 0 Å².